The van der Waals surface area contributed by atoms with Gasteiger partial charge in [-0.1, -0.05) is 27.5 Å². The molecule has 0 atom stereocenters. The van der Waals surface area contributed by atoms with Crippen molar-refractivity contribution in [1.29, 1.82) is 0 Å². The lowest BCUT2D eigenvalue weighted by molar-refractivity contribution is 0.0953. The van der Waals surface area contributed by atoms with Crippen molar-refractivity contribution >= 4 is 33.4 Å². The molecule has 0 fully saturated rings. The van der Waals surface area contributed by atoms with Crippen molar-refractivity contribution in [1.82, 2.24) is 10.6 Å². The number of methoxy groups -OCH3 is 1. The molecule has 18 heavy (non-hydrogen) atoms. The first-order valence-corrected chi connectivity index (χ1v) is 6.74. The number of amides is 1. The summed E-state index contributed by atoms with van der Waals surface area (Å²) in [6.45, 7) is 2.70. The average molecular weight is 336 g/mol. The number of nitrogens with one attached hydrogen (secondary N) is 2. The first-order chi connectivity index (χ1) is 8.63. The lowest BCUT2D eigenvalue weighted by Crippen LogP contribution is -2.33. The monoisotopic (exact) mass is 334 g/mol. The predicted molar refractivity (Wildman–Crippen MR) is 76.2 cm³/mol. The van der Waals surface area contributed by atoms with E-state index in [1.54, 1.807) is 25.3 Å². The maximum absolute atomic E-state index is 11.8. The summed E-state index contributed by atoms with van der Waals surface area (Å²) < 4.78 is 5.69. The molecule has 0 aliphatic rings. The van der Waals surface area contributed by atoms with Crippen LogP contribution in [0.2, 0.25) is 5.02 Å². The Balaban J connectivity index is 2.32. The molecule has 0 bridgehead atoms. The van der Waals surface area contributed by atoms with Crippen LogP contribution in [-0.4, -0.2) is 39.3 Å². The predicted octanol–water partition coefficient (Wildman–Crippen LogP) is 2.07. The summed E-state index contributed by atoms with van der Waals surface area (Å²) in [5.74, 6) is -0.133. The highest BCUT2D eigenvalue weighted by atomic mass is 79.9. The fourth-order valence-corrected chi connectivity index (χ4v) is 2.21. The standard InChI is InChI=1S/C12H16BrClN2O2/c1-18-5-4-15-2-3-16-12(17)9-6-10(13)8-11(14)7-9/h6-8,15H,2-5H2,1H3,(H,16,17). The van der Waals surface area contributed by atoms with E-state index in [9.17, 15) is 4.79 Å². The lowest BCUT2D eigenvalue weighted by atomic mass is 10.2. The molecule has 0 aromatic heterocycles. The summed E-state index contributed by atoms with van der Waals surface area (Å²) in [5.41, 5.74) is 0.547. The fourth-order valence-electron chi connectivity index (χ4n) is 1.35. The van der Waals surface area contributed by atoms with Crippen molar-refractivity contribution in [2.45, 2.75) is 0 Å². The van der Waals surface area contributed by atoms with Crippen molar-refractivity contribution in [3.8, 4) is 0 Å². The van der Waals surface area contributed by atoms with E-state index in [1.165, 1.54) is 0 Å². The summed E-state index contributed by atoms with van der Waals surface area (Å²) in [7, 11) is 1.65. The van der Waals surface area contributed by atoms with Crippen LogP contribution in [0.1, 0.15) is 10.4 Å². The summed E-state index contributed by atoms with van der Waals surface area (Å²) in [5, 5.41) is 6.48. The maximum Gasteiger partial charge on any atom is 0.251 e. The number of ether oxygens (including phenoxy) is 1. The number of rotatable bonds is 7. The van der Waals surface area contributed by atoms with E-state index in [4.69, 9.17) is 16.3 Å². The molecule has 1 amide bonds. The quantitative estimate of drug-likeness (QED) is 0.750. The number of hydrogen-bond acceptors (Lipinski definition) is 3. The Morgan fingerprint density at radius 1 is 1.33 bits per heavy atom. The third kappa shape index (κ3) is 5.82. The molecule has 0 aliphatic carbocycles. The maximum atomic E-state index is 11.8. The number of benzene rings is 1. The molecular formula is C12H16BrClN2O2. The molecule has 0 unspecified atom stereocenters. The van der Waals surface area contributed by atoms with Crippen LogP contribution < -0.4 is 10.6 Å². The van der Waals surface area contributed by atoms with Crippen molar-refractivity contribution in [2.24, 2.45) is 0 Å². The molecule has 0 spiro atoms. The largest absolute Gasteiger partial charge is 0.383 e. The van der Waals surface area contributed by atoms with Crippen LogP contribution in [0, 0.1) is 0 Å². The molecular weight excluding hydrogens is 320 g/mol. The van der Waals surface area contributed by atoms with Crippen molar-refractivity contribution in [3.05, 3.63) is 33.3 Å². The van der Waals surface area contributed by atoms with Gasteiger partial charge in [0.15, 0.2) is 0 Å². The highest BCUT2D eigenvalue weighted by Gasteiger charge is 2.06. The van der Waals surface area contributed by atoms with E-state index >= 15 is 0 Å². The zero-order chi connectivity index (χ0) is 13.4. The van der Waals surface area contributed by atoms with E-state index < -0.39 is 0 Å². The second-order valence-corrected chi connectivity index (χ2v) is 5.01. The minimum Gasteiger partial charge on any atom is -0.383 e. The molecule has 0 aliphatic heterocycles. The van der Waals surface area contributed by atoms with Gasteiger partial charge < -0.3 is 15.4 Å². The van der Waals surface area contributed by atoms with Gasteiger partial charge in [0.1, 0.15) is 0 Å². The Kier molecular flexibility index (Phi) is 7.27. The highest BCUT2D eigenvalue weighted by Crippen LogP contribution is 2.19. The van der Waals surface area contributed by atoms with Crippen LogP contribution in [0.15, 0.2) is 22.7 Å². The van der Waals surface area contributed by atoms with Gasteiger partial charge in [0.2, 0.25) is 0 Å². The topological polar surface area (TPSA) is 50.4 Å². The van der Waals surface area contributed by atoms with Crippen LogP contribution in [0.3, 0.4) is 0 Å². The van der Waals surface area contributed by atoms with Gasteiger partial charge >= 0.3 is 0 Å². The minimum absolute atomic E-state index is 0.133. The Morgan fingerprint density at radius 2 is 2.11 bits per heavy atom. The zero-order valence-electron chi connectivity index (χ0n) is 10.1. The van der Waals surface area contributed by atoms with Crippen LogP contribution >= 0.6 is 27.5 Å². The molecule has 0 heterocycles. The van der Waals surface area contributed by atoms with Crippen LogP contribution in [0.4, 0.5) is 0 Å². The van der Waals surface area contributed by atoms with Gasteiger partial charge in [-0.2, -0.15) is 0 Å². The second kappa shape index (κ2) is 8.48. The van der Waals surface area contributed by atoms with Gasteiger partial charge in [-0.25, -0.2) is 0 Å². The van der Waals surface area contributed by atoms with Crippen molar-refractivity contribution < 1.29 is 9.53 Å². The van der Waals surface area contributed by atoms with Crippen molar-refractivity contribution in [3.63, 3.8) is 0 Å². The zero-order valence-corrected chi connectivity index (χ0v) is 12.5. The van der Waals surface area contributed by atoms with Gasteiger partial charge in [0.25, 0.3) is 5.91 Å². The molecule has 4 nitrogen and oxygen atoms in total. The molecule has 100 valence electrons. The number of halogens is 2. The smallest absolute Gasteiger partial charge is 0.251 e. The van der Waals surface area contributed by atoms with Gasteiger partial charge in [-0.15, -0.1) is 0 Å². The summed E-state index contributed by atoms with van der Waals surface area (Å²) in [6.07, 6.45) is 0. The molecule has 1 aromatic rings. The third-order valence-electron chi connectivity index (χ3n) is 2.20. The third-order valence-corrected chi connectivity index (χ3v) is 2.87. The van der Waals surface area contributed by atoms with E-state index in [1.807, 2.05) is 0 Å². The van der Waals surface area contributed by atoms with Gasteiger partial charge in [0, 0.05) is 41.8 Å². The average Bonchev–Trinajstić information content (AvgIpc) is 2.32. The number of hydrogen-bond donors (Lipinski definition) is 2. The minimum atomic E-state index is -0.133. The molecule has 0 radical (unpaired) electrons. The molecule has 0 saturated carbocycles. The summed E-state index contributed by atoms with van der Waals surface area (Å²) >= 11 is 9.18. The van der Waals surface area contributed by atoms with Gasteiger partial charge in [-0.3, -0.25) is 4.79 Å². The highest BCUT2D eigenvalue weighted by molar-refractivity contribution is 9.10. The second-order valence-electron chi connectivity index (χ2n) is 3.66. The van der Waals surface area contributed by atoms with Crippen LogP contribution in [0.25, 0.3) is 0 Å². The van der Waals surface area contributed by atoms with E-state index in [-0.39, 0.29) is 5.91 Å². The van der Waals surface area contributed by atoms with E-state index in [0.29, 0.717) is 30.3 Å². The van der Waals surface area contributed by atoms with Crippen LogP contribution in [-0.2, 0) is 4.74 Å². The van der Waals surface area contributed by atoms with Crippen LogP contribution in [0.5, 0.6) is 0 Å². The lowest BCUT2D eigenvalue weighted by Gasteiger charge is -2.07. The Morgan fingerprint density at radius 3 is 2.78 bits per heavy atom. The fraction of sp³-hybridized carbons (Fsp3) is 0.417. The van der Waals surface area contributed by atoms with Crippen molar-refractivity contribution in [2.75, 3.05) is 33.4 Å². The first-order valence-electron chi connectivity index (χ1n) is 5.57. The molecule has 2 N–H and O–H groups in total. The normalized spacial score (nSPS) is 10.4. The van der Waals surface area contributed by atoms with E-state index in [0.717, 1.165) is 11.0 Å². The summed E-state index contributed by atoms with van der Waals surface area (Å²) in [6, 6.07) is 5.12. The number of carbonyl (C=O) groups is 1. The van der Waals surface area contributed by atoms with E-state index in [2.05, 4.69) is 26.6 Å². The molecule has 1 rings (SSSR count). The van der Waals surface area contributed by atoms with Gasteiger partial charge in [0.05, 0.1) is 6.61 Å². The molecule has 1 aromatic carbocycles. The SMILES string of the molecule is COCCNCCNC(=O)c1cc(Cl)cc(Br)c1. The Hall–Kier alpha value is -0.620. The Labute approximate surface area is 120 Å². The Bertz CT molecular complexity index is 381. The van der Waals surface area contributed by atoms with Gasteiger partial charge in [-0.05, 0) is 18.2 Å². The first kappa shape index (κ1) is 15.4. The number of carbonyl (C=O) groups excluding carboxylic acids is 1. The molecule has 0 saturated heterocycles. The molecule has 6 heteroatoms. The summed E-state index contributed by atoms with van der Waals surface area (Å²) in [4.78, 5) is 11.8.